The fourth-order valence-electron chi connectivity index (χ4n) is 2.82. The van der Waals surface area contributed by atoms with Crippen molar-refractivity contribution in [2.45, 2.75) is 44.3 Å². The van der Waals surface area contributed by atoms with Gasteiger partial charge < -0.3 is 0 Å². The van der Waals surface area contributed by atoms with Crippen LogP contribution in [-0.2, 0) is 4.79 Å². The van der Waals surface area contributed by atoms with Crippen LogP contribution < -0.4 is 0 Å². The second kappa shape index (κ2) is 5.60. The van der Waals surface area contributed by atoms with Gasteiger partial charge in [0.1, 0.15) is 0 Å². The number of thioether (sulfide) groups is 1. The second-order valence-electron chi connectivity index (χ2n) is 5.55. The molecule has 2 aliphatic rings. The van der Waals surface area contributed by atoms with Gasteiger partial charge in [0.15, 0.2) is 5.17 Å². The van der Waals surface area contributed by atoms with Crippen LogP contribution in [0.5, 0.6) is 0 Å². The van der Waals surface area contributed by atoms with Crippen LogP contribution in [0.2, 0.25) is 0 Å². The van der Waals surface area contributed by atoms with Crippen LogP contribution in [0.1, 0.15) is 44.6 Å². The molecule has 3 rings (SSSR count). The Morgan fingerprint density at radius 3 is 3.00 bits per heavy atom. The van der Waals surface area contributed by atoms with E-state index in [1.807, 2.05) is 23.1 Å². The lowest BCUT2D eigenvalue weighted by Gasteiger charge is -2.18. The molecule has 1 aromatic carbocycles. The molecule has 0 saturated carbocycles. The minimum atomic E-state index is 0.0752. The quantitative estimate of drug-likeness (QED) is 0.844. The van der Waals surface area contributed by atoms with Crippen molar-refractivity contribution in [2.24, 2.45) is 4.99 Å². The Hall–Kier alpha value is -1.29. The van der Waals surface area contributed by atoms with E-state index in [4.69, 9.17) is 4.99 Å². The van der Waals surface area contributed by atoms with E-state index in [0.29, 0.717) is 5.92 Å². The van der Waals surface area contributed by atoms with E-state index in [9.17, 15) is 4.79 Å². The first kappa shape index (κ1) is 13.7. The molecule has 1 saturated heterocycles. The van der Waals surface area contributed by atoms with Gasteiger partial charge >= 0.3 is 0 Å². The average Bonchev–Trinajstić information content (AvgIpc) is 2.66. The number of benzene rings is 1. The molecule has 0 spiro atoms. The van der Waals surface area contributed by atoms with Crippen molar-refractivity contribution in [3.63, 3.8) is 0 Å². The predicted molar refractivity (Wildman–Crippen MR) is 84.6 cm³/mol. The van der Waals surface area contributed by atoms with Gasteiger partial charge in [-0.15, -0.1) is 0 Å². The van der Waals surface area contributed by atoms with Crippen molar-refractivity contribution in [1.82, 2.24) is 4.90 Å². The molecule has 1 fully saturated rings. The highest BCUT2D eigenvalue weighted by Crippen LogP contribution is 2.38. The van der Waals surface area contributed by atoms with Crippen LogP contribution in [0.4, 0.5) is 5.69 Å². The molecular formula is C16H20N2OS. The molecule has 2 heterocycles. The molecule has 2 aliphatic heterocycles. The number of amidine groups is 1. The summed E-state index contributed by atoms with van der Waals surface area (Å²) in [7, 11) is 0. The highest BCUT2D eigenvalue weighted by Gasteiger charge is 2.39. The molecule has 0 radical (unpaired) electrons. The van der Waals surface area contributed by atoms with Crippen molar-refractivity contribution in [1.29, 1.82) is 0 Å². The number of fused-ring (bicyclic) bond motifs is 2. The van der Waals surface area contributed by atoms with Crippen LogP contribution in [0.25, 0.3) is 0 Å². The molecule has 2 atom stereocenters. The van der Waals surface area contributed by atoms with Gasteiger partial charge in [-0.3, -0.25) is 9.69 Å². The summed E-state index contributed by atoms with van der Waals surface area (Å²) in [6, 6.07) is 8.23. The summed E-state index contributed by atoms with van der Waals surface area (Å²) in [5, 5.41) is 0.971. The fraction of sp³-hybridized carbons (Fsp3) is 0.500. The topological polar surface area (TPSA) is 32.7 Å². The van der Waals surface area contributed by atoms with Gasteiger partial charge in [0.2, 0.25) is 5.91 Å². The number of rotatable bonds is 3. The molecule has 4 heteroatoms. The van der Waals surface area contributed by atoms with Crippen molar-refractivity contribution in [2.75, 3.05) is 6.54 Å². The van der Waals surface area contributed by atoms with Gasteiger partial charge in [-0.25, -0.2) is 4.99 Å². The summed E-state index contributed by atoms with van der Waals surface area (Å²) in [6.45, 7) is 5.09. The number of nitrogens with zero attached hydrogens (tertiary/aromatic N) is 2. The molecule has 0 aromatic heterocycles. The maximum absolute atomic E-state index is 12.5. The van der Waals surface area contributed by atoms with Crippen LogP contribution in [-0.4, -0.2) is 27.8 Å². The van der Waals surface area contributed by atoms with Crippen molar-refractivity contribution < 1.29 is 4.79 Å². The lowest BCUT2D eigenvalue weighted by molar-refractivity contribution is -0.126. The number of carbonyl (C=O) groups excluding carboxylic acids is 1. The SMILES string of the molecule is CCCCC1SC2=Nc3ccccc3C(C)CN2C1=O. The molecular weight excluding hydrogens is 268 g/mol. The first-order valence-electron chi connectivity index (χ1n) is 7.36. The summed E-state index contributed by atoms with van der Waals surface area (Å²) in [6.07, 6.45) is 3.21. The van der Waals surface area contributed by atoms with Gasteiger partial charge in [0.05, 0.1) is 10.9 Å². The van der Waals surface area contributed by atoms with Crippen molar-refractivity contribution in [3.8, 4) is 0 Å². The van der Waals surface area contributed by atoms with E-state index in [1.54, 1.807) is 11.8 Å². The standard InChI is InChI=1S/C16H20N2OS/c1-3-4-9-14-15(19)18-10-11(2)12-7-5-6-8-13(12)17-16(18)20-14/h5-8,11,14H,3-4,9-10H2,1-2H3. The number of unbranched alkanes of at least 4 members (excludes halogenated alkanes) is 1. The number of amides is 1. The third kappa shape index (κ3) is 2.37. The van der Waals surface area contributed by atoms with Crippen LogP contribution >= 0.6 is 11.8 Å². The molecule has 106 valence electrons. The van der Waals surface area contributed by atoms with E-state index < -0.39 is 0 Å². The predicted octanol–water partition coefficient (Wildman–Crippen LogP) is 3.93. The van der Waals surface area contributed by atoms with Gasteiger partial charge in [0, 0.05) is 12.5 Å². The van der Waals surface area contributed by atoms with Crippen LogP contribution in [0.3, 0.4) is 0 Å². The summed E-state index contributed by atoms with van der Waals surface area (Å²) < 4.78 is 0. The number of carbonyl (C=O) groups is 1. The summed E-state index contributed by atoms with van der Waals surface area (Å²) in [4.78, 5) is 19.2. The Labute approximate surface area is 124 Å². The Morgan fingerprint density at radius 2 is 2.20 bits per heavy atom. The number of hydrogen-bond acceptors (Lipinski definition) is 3. The van der Waals surface area contributed by atoms with E-state index in [2.05, 4.69) is 19.9 Å². The Bertz CT molecular complexity index is 555. The smallest absolute Gasteiger partial charge is 0.242 e. The monoisotopic (exact) mass is 288 g/mol. The van der Waals surface area contributed by atoms with Gasteiger partial charge in [0.25, 0.3) is 0 Å². The Balaban J connectivity index is 1.91. The average molecular weight is 288 g/mol. The van der Waals surface area contributed by atoms with E-state index in [0.717, 1.165) is 36.7 Å². The summed E-state index contributed by atoms with van der Waals surface area (Å²) >= 11 is 1.65. The number of aliphatic imine (C=N–C) groups is 1. The molecule has 0 bridgehead atoms. The third-order valence-electron chi connectivity index (χ3n) is 3.98. The zero-order valence-corrected chi connectivity index (χ0v) is 12.8. The van der Waals surface area contributed by atoms with Crippen molar-refractivity contribution in [3.05, 3.63) is 29.8 Å². The number of hydrogen-bond donors (Lipinski definition) is 0. The minimum absolute atomic E-state index is 0.0752. The van der Waals surface area contributed by atoms with Gasteiger partial charge in [-0.2, -0.15) is 0 Å². The normalized spacial score (nSPS) is 25.0. The maximum Gasteiger partial charge on any atom is 0.242 e. The van der Waals surface area contributed by atoms with E-state index in [1.165, 1.54) is 5.56 Å². The zero-order valence-electron chi connectivity index (χ0n) is 12.0. The Morgan fingerprint density at radius 1 is 1.40 bits per heavy atom. The number of para-hydroxylation sites is 1. The first-order chi connectivity index (χ1) is 9.70. The molecule has 0 aliphatic carbocycles. The summed E-state index contributed by atoms with van der Waals surface area (Å²) in [5.41, 5.74) is 2.27. The van der Waals surface area contributed by atoms with Gasteiger partial charge in [-0.05, 0) is 18.1 Å². The molecule has 20 heavy (non-hydrogen) atoms. The van der Waals surface area contributed by atoms with Crippen LogP contribution in [0.15, 0.2) is 29.3 Å². The highest BCUT2D eigenvalue weighted by molar-refractivity contribution is 8.15. The zero-order chi connectivity index (χ0) is 14.1. The minimum Gasteiger partial charge on any atom is -0.290 e. The summed E-state index contributed by atoms with van der Waals surface area (Å²) in [5.74, 6) is 0.587. The Kier molecular flexibility index (Phi) is 3.83. The van der Waals surface area contributed by atoms with Crippen molar-refractivity contribution >= 4 is 28.5 Å². The molecule has 0 N–H and O–H groups in total. The van der Waals surface area contributed by atoms with E-state index in [-0.39, 0.29) is 11.2 Å². The highest BCUT2D eigenvalue weighted by atomic mass is 32.2. The largest absolute Gasteiger partial charge is 0.290 e. The van der Waals surface area contributed by atoms with E-state index >= 15 is 0 Å². The maximum atomic E-state index is 12.5. The van der Waals surface area contributed by atoms with Gasteiger partial charge in [-0.1, -0.05) is 56.7 Å². The first-order valence-corrected chi connectivity index (χ1v) is 8.24. The third-order valence-corrected chi connectivity index (χ3v) is 5.22. The molecule has 2 unspecified atom stereocenters. The molecule has 1 aromatic rings. The molecule has 1 amide bonds. The second-order valence-corrected chi connectivity index (χ2v) is 6.72. The molecule has 3 nitrogen and oxygen atoms in total. The lowest BCUT2D eigenvalue weighted by Crippen LogP contribution is -2.34. The lowest BCUT2D eigenvalue weighted by atomic mass is 9.99. The fourth-order valence-corrected chi connectivity index (χ4v) is 4.03. The van der Waals surface area contributed by atoms with Crippen LogP contribution in [0, 0.1) is 0 Å².